The van der Waals surface area contributed by atoms with Gasteiger partial charge in [0.05, 0.1) is 0 Å². The van der Waals surface area contributed by atoms with Gasteiger partial charge in [-0.2, -0.15) is 0 Å². The third-order valence-electron chi connectivity index (χ3n) is 3.33. The van der Waals surface area contributed by atoms with Crippen molar-refractivity contribution in [2.75, 3.05) is 19.6 Å². The van der Waals surface area contributed by atoms with E-state index >= 15 is 0 Å². The maximum Gasteiger partial charge on any atom is 0.0221 e. The van der Waals surface area contributed by atoms with E-state index < -0.39 is 0 Å². The lowest BCUT2D eigenvalue weighted by Crippen LogP contribution is -2.40. The molecule has 2 atom stereocenters. The molecule has 0 aromatic carbocycles. The Bertz CT molecular complexity index is 147. The van der Waals surface area contributed by atoms with Crippen LogP contribution in [0.5, 0.6) is 0 Å². The second-order valence-electron chi connectivity index (χ2n) is 4.52. The number of nitrogens with one attached hydrogen (secondary N) is 1. The Morgan fingerprint density at radius 2 is 2.21 bits per heavy atom. The van der Waals surface area contributed by atoms with Gasteiger partial charge in [0.25, 0.3) is 0 Å². The van der Waals surface area contributed by atoms with Crippen LogP contribution in [0.4, 0.5) is 0 Å². The van der Waals surface area contributed by atoms with Gasteiger partial charge < -0.3 is 5.32 Å². The first-order valence-corrected chi connectivity index (χ1v) is 6.25. The van der Waals surface area contributed by atoms with Crippen LogP contribution in [-0.4, -0.2) is 36.6 Å². The van der Waals surface area contributed by atoms with E-state index in [0.29, 0.717) is 6.04 Å². The maximum absolute atomic E-state index is 3.65. The molecular weight excluding hydrogens is 172 g/mol. The lowest BCUT2D eigenvalue weighted by molar-refractivity contribution is 0.253. The molecule has 0 aromatic rings. The highest BCUT2D eigenvalue weighted by atomic mass is 15.2. The molecule has 2 heteroatoms. The fraction of sp³-hybridized carbons (Fsp3) is 1.00. The molecular formula is C12H26N2. The number of hydrogen-bond donors (Lipinski definition) is 1. The fourth-order valence-electron chi connectivity index (χ4n) is 2.41. The van der Waals surface area contributed by atoms with Crippen LogP contribution in [0.25, 0.3) is 0 Å². The molecule has 0 spiro atoms. The van der Waals surface area contributed by atoms with Crippen molar-refractivity contribution in [1.82, 2.24) is 10.2 Å². The molecule has 0 saturated carbocycles. The summed E-state index contributed by atoms with van der Waals surface area (Å²) < 4.78 is 0. The average Bonchev–Trinajstić information content (AvgIpc) is 2.62. The fourth-order valence-corrected chi connectivity index (χ4v) is 2.41. The first-order chi connectivity index (χ1) is 6.77. The smallest absolute Gasteiger partial charge is 0.0221 e. The van der Waals surface area contributed by atoms with Crippen LogP contribution < -0.4 is 5.32 Å². The largest absolute Gasteiger partial charge is 0.313 e. The molecule has 0 unspecified atom stereocenters. The highest BCUT2D eigenvalue weighted by Gasteiger charge is 2.22. The van der Waals surface area contributed by atoms with E-state index in [0.717, 1.165) is 6.04 Å². The standard InChI is InChI=1S/C12H26N2/c1-4-7-11(3)13-10-12-8-6-9-14(12)5-2/h11-13H,4-10H2,1-3H3/t11-,12+/m1/s1. The predicted molar refractivity (Wildman–Crippen MR) is 62.6 cm³/mol. The lowest BCUT2D eigenvalue weighted by atomic mass is 10.1. The van der Waals surface area contributed by atoms with Crippen molar-refractivity contribution >= 4 is 0 Å². The van der Waals surface area contributed by atoms with Crippen LogP contribution in [0.3, 0.4) is 0 Å². The number of nitrogens with zero attached hydrogens (tertiary/aromatic N) is 1. The minimum Gasteiger partial charge on any atom is -0.313 e. The summed E-state index contributed by atoms with van der Waals surface area (Å²) in [6.07, 6.45) is 5.37. The van der Waals surface area contributed by atoms with Crippen molar-refractivity contribution in [2.45, 2.75) is 58.5 Å². The van der Waals surface area contributed by atoms with Crippen LogP contribution >= 0.6 is 0 Å². The molecule has 1 N–H and O–H groups in total. The zero-order valence-electron chi connectivity index (χ0n) is 10.1. The quantitative estimate of drug-likeness (QED) is 0.704. The summed E-state index contributed by atoms with van der Waals surface area (Å²) in [7, 11) is 0. The van der Waals surface area contributed by atoms with E-state index in [2.05, 4.69) is 31.0 Å². The Labute approximate surface area is 89.1 Å². The van der Waals surface area contributed by atoms with E-state index in [4.69, 9.17) is 0 Å². The molecule has 1 aliphatic heterocycles. The molecule has 0 aliphatic carbocycles. The Morgan fingerprint density at radius 3 is 2.86 bits per heavy atom. The van der Waals surface area contributed by atoms with Crippen molar-refractivity contribution in [1.29, 1.82) is 0 Å². The van der Waals surface area contributed by atoms with Crippen LogP contribution in [0.15, 0.2) is 0 Å². The molecule has 1 aliphatic rings. The molecule has 14 heavy (non-hydrogen) atoms. The number of hydrogen-bond acceptors (Lipinski definition) is 2. The molecule has 1 fully saturated rings. The van der Waals surface area contributed by atoms with Crippen molar-refractivity contribution in [3.63, 3.8) is 0 Å². The van der Waals surface area contributed by atoms with Crippen molar-refractivity contribution in [3.8, 4) is 0 Å². The third-order valence-corrected chi connectivity index (χ3v) is 3.33. The van der Waals surface area contributed by atoms with E-state index in [1.54, 1.807) is 0 Å². The summed E-state index contributed by atoms with van der Waals surface area (Å²) in [5, 5.41) is 3.65. The van der Waals surface area contributed by atoms with E-state index in [1.165, 1.54) is 45.3 Å². The monoisotopic (exact) mass is 198 g/mol. The Hall–Kier alpha value is -0.0800. The highest BCUT2D eigenvalue weighted by Crippen LogP contribution is 2.15. The Balaban J connectivity index is 2.16. The molecule has 0 radical (unpaired) electrons. The van der Waals surface area contributed by atoms with E-state index in [9.17, 15) is 0 Å². The van der Waals surface area contributed by atoms with Gasteiger partial charge in [-0.1, -0.05) is 20.3 Å². The molecule has 1 saturated heterocycles. The number of likely N-dealkylation sites (tertiary alicyclic amines) is 1. The molecule has 0 aromatic heterocycles. The first kappa shape index (κ1) is 12.0. The van der Waals surface area contributed by atoms with Gasteiger partial charge >= 0.3 is 0 Å². The van der Waals surface area contributed by atoms with Gasteiger partial charge in [0, 0.05) is 18.6 Å². The summed E-state index contributed by atoms with van der Waals surface area (Å²) in [6.45, 7) is 10.5. The third kappa shape index (κ3) is 3.58. The predicted octanol–water partition coefficient (Wildman–Crippen LogP) is 2.25. The molecule has 1 heterocycles. The minimum absolute atomic E-state index is 0.694. The van der Waals surface area contributed by atoms with Gasteiger partial charge in [0.15, 0.2) is 0 Å². The van der Waals surface area contributed by atoms with Crippen LogP contribution in [0.2, 0.25) is 0 Å². The molecule has 0 amide bonds. The van der Waals surface area contributed by atoms with Crippen molar-refractivity contribution in [2.24, 2.45) is 0 Å². The van der Waals surface area contributed by atoms with Crippen LogP contribution in [0, 0.1) is 0 Å². The van der Waals surface area contributed by atoms with Crippen LogP contribution in [0.1, 0.15) is 46.5 Å². The molecule has 2 nitrogen and oxygen atoms in total. The summed E-state index contributed by atoms with van der Waals surface area (Å²) >= 11 is 0. The number of likely N-dealkylation sites (N-methyl/N-ethyl adjacent to an activating group) is 1. The van der Waals surface area contributed by atoms with Gasteiger partial charge in [-0.15, -0.1) is 0 Å². The summed E-state index contributed by atoms with van der Waals surface area (Å²) in [5.41, 5.74) is 0. The minimum atomic E-state index is 0.694. The maximum atomic E-state index is 3.65. The normalized spacial score (nSPS) is 25.5. The summed E-state index contributed by atoms with van der Waals surface area (Å²) in [4.78, 5) is 2.60. The second-order valence-corrected chi connectivity index (χ2v) is 4.52. The van der Waals surface area contributed by atoms with Gasteiger partial charge in [-0.05, 0) is 39.3 Å². The lowest BCUT2D eigenvalue weighted by Gasteiger charge is -2.24. The second kappa shape index (κ2) is 6.41. The topological polar surface area (TPSA) is 15.3 Å². The van der Waals surface area contributed by atoms with E-state index in [-0.39, 0.29) is 0 Å². The van der Waals surface area contributed by atoms with Gasteiger partial charge in [-0.25, -0.2) is 0 Å². The average molecular weight is 198 g/mol. The van der Waals surface area contributed by atoms with Crippen molar-refractivity contribution in [3.05, 3.63) is 0 Å². The van der Waals surface area contributed by atoms with Gasteiger partial charge in [0.1, 0.15) is 0 Å². The zero-order chi connectivity index (χ0) is 10.4. The van der Waals surface area contributed by atoms with E-state index in [1.807, 2.05) is 0 Å². The molecule has 1 rings (SSSR count). The highest BCUT2D eigenvalue weighted by molar-refractivity contribution is 4.80. The van der Waals surface area contributed by atoms with Gasteiger partial charge in [0.2, 0.25) is 0 Å². The summed E-state index contributed by atoms with van der Waals surface area (Å²) in [6, 6.07) is 1.50. The first-order valence-electron chi connectivity index (χ1n) is 6.25. The Kier molecular flexibility index (Phi) is 5.49. The molecule has 0 bridgehead atoms. The number of rotatable bonds is 6. The Morgan fingerprint density at radius 1 is 1.43 bits per heavy atom. The molecule has 84 valence electrons. The van der Waals surface area contributed by atoms with Crippen LogP contribution in [-0.2, 0) is 0 Å². The zero-order valence-corrected chi connectivity index (χ0v) is 10.1. The SMILES string of the molecule is CCC[C@@H](C)NC[C@@H]1CCCN1CC. The summed E-state index contributed by atoms with van der Waals surface area (Å²) in [5.74, 6) is 0. The van der Waals surface area contributed by atoms with Crippen molar-refractivity contribution < 1.29 is 0 Å². The van der Waals surface area contributed by atoms with Gasteiger partial charge in [-0.3, -0.25) is 4.90 Å².